The molecule has 0 aliphatic heterocycles. The Hall–Kier alpha value is -2.28. The lowest BCUT2D eigenvalue weighted by Gasteiger charge is -2.15. The number of rotatable bonds is 5. The largest absolute Gasteiger partial charge is 0.493 e. The lowest BCUT2D eigenvalue weighted by molar-refractivity contribution is 0.355. The minimum Gasteiger partial charge on any atom is -0.493 e. The van der Waals surface area contributed by atoms with E-state index in [1.54, 1.807) is 32.6 Å². The second kappa shape index (κ2) is 8.20. The fraction of sp³-hybridized carbons (Fsp3) is 0.444. The highest BCUT2D eigenvalue weighted by Crippen LogP contribution is 2.29. The number of aromatic nitrogens is 1. The maximum Gasteiger partial charge on any atom is 0.195 e. The van der Waals surface area contributed by atoms with Crippen molar-refractivity contribution in [3.63, 3.8) is 0 Å². The highest BCUT2D eigenvalue weighted by Gasteiger charge is 2.17. The Kier molecular flexibility index (Phi) is 6.25. The molecule has 0 aliphatic carbocycles. The summed E-state index contributed by atoms with van der Waals surface area (Å²) < 4.78 is 10.6. The normalized spacial score (nSPS) is 12.0. The van der Waals surface area contributed by atoms with E-state index in [9.17, 15) is 0 Å². The highest BCUT2D eigenvalue weighted by molar-refractivity contribution is 7.09. The summed E-state index contributed by atoms with van der Waals surface area (Å²) in [5, 5.41) is 9.66. The average molecular weight is 362 g/mol. The number of thiazole rings is 1. The van der Waals surface area contributed by atoms with Crippen LogP contribution in [0.25, 0.3) is 0 Å². The van der Waals surface area contributed by atoms with E-state index < -0.39 is 0 Å². The number of nitrogens with one attached hydrogen (secondary N) is 2. The number of hydrogen-bond donors (Lipinski definition) is 2. The number of ether oxygens (including phenoxy) is 2. The van der Waals surface area contributed by atoms with Gasteiger partial charge in [0, 0.05) is 29.6 Å². The van der Waals surface area contributed by atoms with Crippen molar-refractivity contribution in [2.24, 2.45) is 4.99 Å². The van der Waals surface area contributed by atoms with E-state index in [0.717, 1.165) is 16.4 Å². The molecule has 0 aliphatic rings. The number of guanidine groups is 1. The van der Waals surface area contributed by atoms with Crippen LogP contribution in [-0.4, -0.2) is 32.2 Å². The predicted molar refractivity (Wildman–Crippen MR) is 104 cm³/mol. The summed E-state index contributed by atoms with van der Waals surface area (Å²) in [5.41, 5.74) is 2.03. The van der Waals surface area contributed by atoms with Gasteiger partial charge in [-0.2, -0.15) is 0 Å². The highest BCUT2D eigenvalue weighted by atomic mass is 32.1. The Labute approximate surface area is 153 Å². The van der Waals surface area contributed by atoms with E-state index in [4.69, 9.17) is 9.47 Å². The first-order chi connectivity index (χ1) is 11.9. The van der Waals surface area contributed by atoms with Gasteiger partial charge in [-0.1, -0.05) is 20.8 Å². The third-order valence-electron chi connectivity index (χ3n) is 3.60. The Morgan fingerprint density at radius 2 is 1.92 bits per heavy atom. The molecule has 0 amide bonds. The molecule has 2 rings (SSSR count). The predicted octanol–water partition coefficient (Wildman–Crippen LogP) is 3.65. The zero-order valence-corrected chi connectivity index (χ0v) is 16.5. The van der Waals surface area contributed by atoms with Crippen LogP contribution in [0.4, 0.5) is 5.69 Å². The van der Waals surface area contributed by atoms with Gasteiger partial charge in [0.2, 0.25) is 0 Å². The smallest absolute Gasteiger partial charge is 0.195 e. The van der Waals surface area contributed by atoms with Crippen molar-refractivity contribution in [1.29, 1.82) is 0 Å². The molecule has 0 radical (unpaired) electrons. The summed E-state index contributed by atoms with van der Waals surface area (Å²) in [7, 11) is 4.97. The topological polar surface area (TPSA) is 67.8 Å². The van der Waals surface area contributed by atoms with Crippen LogP contribution in [0.5, 0.6) is 11.5 Å². The fourth-order valence-electron chi connectivity index (χ4n) is 2.13. The van der Waals surface area contributed by atoms with Crippen LogP contribution in [0.15, 0.2) is 28.6 Å². The minimum atomic E-state index is 0.0638. The summed E-state index contributed by atoms with van der Waals surface area (Å²) in [6, 6.07) is 5.63. The summed E-state index contributed by atoms with van der Waals surface area (Å²) in [4.78, 5) is 8.93. The molecule has 1 aromatic carbocycles. The van der Waals surface area contributed by atoms with E-state index in [2.05, 4.69) is 46.8 Å². The summed E-state index contributed by atoms with van der Waals surface area (Å²) >= 11 is 1.65. The van der Waals surface area contributed by atoms with Crippen LogP contribution in [0.2, 0.25) is 0 Å². The van der Waals surface area contributed by atoms with Crippen molar-refractivity contribution < 1.29 is 9.47 Å². The molecular weight excluding hydrogens is 336 g/mol. The number of methoxy groups -OCH3 is 2. The molecule has 0 bridgehead atoms. The van der Waals surface area contributed by atoms with Gasteiger partial charge < -0.3 is 20.1 Å². The maximum atomic E-state index is 5.32. The number of hydrogen-bond acceptors (Lipinski definition) is 5. The SMILES string of the molecule is CN=C(NCc1nc(C(C)(C)C)cs1)Nc1ccc(OC)c(OC)c1. The quantitative estimate of drug-likeness (QED) is 0.628. The van der Waals surface area contributed by atoms with E-state index in [1.807, 2.05) is 18.2 Å². The van der Waals surface area contributed by atoms with Gasteiger partial charge in [-0.25, -0.2) is 4.98 Å². The van der Waals surface area contributed by atoms with Gasteiger partial charge in [-0.3, -0.25) is 4.99 Å². The van der Waals surface area contributed by atoms with Crippen molar-refractivity contribution in [1.82, 2.24) is 10.3 Å². The van der Waals surface area contributed by atoms with Crippen molar-refractivity contribution >= 4 is 23.0 Å². The molecule has 0 saturated carbocycles. The monoisotopic (exact) mass is 362 g/mol. The van der Waals surface area contributed by atoms with E-state index in [0.29, 0.717) is 24.0 Å². The van der Waals surface area contributed by atoms with Crippen molar-refractivity contribution in [2.45, 2.75) is 32.7 Å². The first-order valence-electron chi connectivity index (χ1n) is 8.02. The van der Waals surface area contributed by atoms with E-state index in [-0.39, 0.29) is 5.41 Å². The molecule has 2 N–H and O–H groups in total. The van der Waals surface area contributed by atoms with Gasteiger partial charge in [-0.15, -0.1) is 11.3 Å². The van der Waals surface area contributed by atoms with Crippen LogP contribution >= 0.6 is 11.3 Å². The molecule has 2 aromatic rings. The van der Waals surface area contributed by atoms with Crippen molar-refractivity contribution in [3.8, 4) is 11.5 Å². The summed E-state index contributed by atoms with van der Waals surface area (Å²) in [6.45, 7) is 7.11. The molecule has 1 heterocycles. The van der Waals surface area contributed by atoms with E-state index in [1.165, 1.54) is 0 Å². The van der Waals surface area contributed by atoms with E-state index >= 15 is 0 Å². The number of anilines is 1. The Morgan fingerprint density at radius 3 is 2.48 bits per heavy atom. The standard InChI is InChI=1S/C18H26N4O2S/c1-18(2,3)15-11-25-16(22-15)10-20-17(19-4)21-12-7-8-13(23-5)14(9-12)24-6/h7-9,11H,10H2,1-6H3,(H2,19,20,21). The Morgan fingerprint density at radius 1 is 1.20 bits per heavy atom. The number of nitrogens with zero attached hydrogens (tertiary/aromatic N) is 2. The third-order valence-corrected chi connectivity index (χ3v) is 4.45. The summed E-state index contributed by atoms with van der Waals surface area (Å²) in [6.07, 6.45) is 0. The van der Waals surface area contributed by atoms with Crippen LogP contribution in [0.1, 0.15) is 31.5 Å². The zero-order chi connectivity index (χ0) is 18.4. The van der Waals surface area contributed by atoms with Crippen LogP contribution in [-0.2, 0) is 12.0 Å². The molecule has 7 heteroatoms. The molecule has 0 saturated heterocycles. The molecule has 0 atom stereocenters. The fourth-order valence-corrected chi connectivity index (χ4v) is 3.09. The Bertz CT molecular complexity index is 735. The first-order valence-corrected chi connectivity index (χ1v) is 8.90. The average Bonchev–Trinajstić information content (AvgIpc) is 3.07. The van der Waals surface area contributed by atoms with Gasteiger partial charge in [0.15, 0.2) is 17.5 Å². The molecule has 0 unspecified atom stereocenters. The van der Waals surface area contributed by atoms with Gasteiger partial charge in [0.25, 0.3) is 0 Å². The molecule has 6 nitrogen and oxygen atoms in total. The van der Waals surface area contributed by atoms with Gasteiger partial charge in [-0.05, 0) is 12.1 Å². The molecular formula is C18H26N4O2S. The van der Waals surface area contributed by atoms with Gasteiger partial charge in [0.05, 0.1) is 26.5 Å². The molecule has 25 heavy (non-hydrogen) atoms. The first kappa shape index (κ1) is 19.1. The lowest BCUT2D eigenvalue weighted by atomic mass is 9.93. The second-order valence-corrected chi connectivity index (χ2v) is 7.44. The van der Waals surface area contributed by atoms with Crippen molar-refractivity contribution in [3.05, 3.63) is 34.3 Å². The van der Waals surface area contributed by atoms with Gasteiger partial charge >= 0.3 is 0 Å². The second-order valence-electron chi connectivity index (χ2n) is 6.50. The van der Waals surface area contributed by atoms with Crippen molar-refractivity contribution in [2.75, 3.05) is 26.6 Å². The minimum absolute atomic E-state index is 0.0638. The summed E-state index contributed by atoms with van der Waals surface area (Å²) in [5.74, 6) is 2.02. The molecule has 136 valence electrons. The molecule has 0 spiro atoms. The van der Waals surface area contributed by atoms with Crippen LogP contribution < -0.4 is 20.1 Å². The number of aliphatic imine (C=N–C) groups is 1. The van der Waals surface area contributed by atoms with Gasteiger partial charge in [0.1, 0.15) is 5.01 Å². The zero-order valence-electron chi connectivity index (χ0n) is 15.6. The Balaban J connectivity index is 2.00. The molecule has 0 fully saturated rings. The number of benzene rings is 1. The lowest BCUT2D eigenvalue weighted by Crippen LogP contribution is -2.30. The van der Waals surface area contributed by atoms with Crippen LogP contribution in [0, 0.1) is 0 Å². The van der Waals surface area contributed by atoms with Crippen LogP contribution in [0.3, 0.4) is 0 Å². The molecule has 1 aromatic heterocycles. The third kappa shape index (κ3) is 5.09. The maximum absolute atomic E-state index is 5.32.